The summed E-state index contributed by atoms with van der Waals surface area (Å²) in [5.41, 5.74) is 0. The van der Waals surface area contributed by atoms with Crippen molar-refractivity contribution in [3.63, 3.8) is 0 Å². The Morgan fingerprint density at radius 3 is 2.82 bits per heavy atom. The Kier molecular flexibility index (Phi) is 5.92. The largest absolute Gasteiger partial charge is 0.396 e. The molecule has 0 aliphatic carbocycles. The Labute approximate surface area is 74.8 Å². The predicted octanol–water partition coefficient (Wildman–Crippen LogP) is 1.18. The van der Waals surface area contributed by atoms with Crippen molar-refractivity contribution in [1.82, 2.24) is 5.32 Å². The Morgan fingerprint density at radius 1 is 1.55 bits per heavy atom. The summed E-state index contributed by atoms with van der Waals surface area (Å²) >= 11 is 0. The summed E-state index contributed by atoms with van der Waals surface area (Å²) in [7, 11) is 0. The van der Waals surface area contributed by atoms with Crippen molar-refractivity contribution in [2.45, 2.75) is 32.2 Å². The minimum Gasteiger partial charge on any atom is -0.396 e. The number of aliphatic hydroxyl groups is 1. The summed E-state index contributed by atoms with van der Waals surface area (Å²) < 4.78 is 0. The number of piperidine rings is 1. The number of aliphatic hydroxyl groups excluding tert-OH is 1. The third kappa shape index (κ3) is 3.94. The molecule has 2 unspecified atom stereocenters. The predicted molar refractivity (Wildman–Crippen MR) is 49.1 cm³/mol. The molecule has 0 aromatic heterocycles. The molecule has 1 aliphatic heterocycles. The summed E-state index contributed by atoms with van der Waals surface area (Å²) in [5.74, 6) is 0.765. The average molecular weight is 180 g/mol. The van der Waals surface area contributed by atoms with Crippen LogP contribution in [-0.2, 0) is 0 Å². The molecule has 0 amide bonds. The first kappa shape index (κ1) is 11.2. The molecular weight excluding hydrogens is 162 g/mol. The molecule has 0 bridgehead atoms. The van der Waals surface area contributed by atoms with Crippen LogP contribution in [0.5, 0.6) is 0 Å². The first-order valence-corrected chi connectivity index (χ1v) is 4.17. The molecule has 1 saturated heterocycles. The second-order valence-electron chi connectivity index (χ2n) is 3.26. The van der Waals surface area contributed by atoms with Crippen LogP contribution in [0.4, 0.5) is 0 Å². The van der Waals surface area contributed by atoms with Crippen LogP contribution in [0.15, 0.2) is 0 Å². The topological polar surface area (TPSA) is 32.3 Å². The molecule has 0 aromatic rings. The molecule has 0 aromatic carbocycles. The monoisotopic (exact) mass is 179 g/mol. The van der Waals surface area contributed by atoms with Gasteiger partial charge in [0.1, 0.15) is 0 Å². The molecule has 1 heterocycles. The van der Waals surface area contributed by atoms with Gasteiger partial charge in [-0.25, -0.2) is 0 Å². The molecular formula is C8H18ClNO. The van der Waals surface area contributed by atoms with E-state index >= 15 is 0 Å². The second kappa shape index (κ2) is 5.81. The van der Waals surface area contributed by atoms with Gasteiger partial charge in [-0.05, 0) is 38.6 Å². The minimum atomic E-state index is 0. The van der Waals surface area contributed by atoms with Crippen molar-refractivity contribution in [3.8, 4) is 0 Å². The van der Waals surface area contributed by atoms with Gasteiger partial charge in [0.25, 0.3) is 0 Å². The van der Waals surface area contributed by atoms with E-state index in [1.54, 1.807) is 0 Å². The smallest absolute Gasteiger partial charge is 0.0433 e. The highest BCUT2D eigenvalue weighted by Crippen LogP contribution is 2.18. The number of hydrogen-bond acceptors (Lipinski definition) is 2. The lowest BCUT2D eigenvalue weighted by molar-refractivity contribution is 0.220. The lowest BCUT2D eigenvalue weighted by Crippen LogP contribution is -2.35. The fraction of sp³-hybridized carbons (Fsp3) is 1.00. The molecule has 3 heteroatoms. The van der Waals surface area contributed by atoms with Gasteiger partial charge in [-0.15, -0.1) is 12.4 Å². The quantitative estimate of drug-likeness (QED) is 0.668. The van der Waals surface area contributed by atoms with Crippen LogP contribution in [-0.4, -0.2) is 24.3 Å². The van der Waals surface area contributed by atoms with Crippen molar-refractivity contribution in [2.24, 2.45) is 5.92 Å². The van der Waals surface area contributed by atoms with Crippen molar-refractivity contribution >= 4 is 12.4 Å². The summed E-state index contributed by atoms with van der Waals surface area (Å²) in [6, 6.07) is 0.658. The molecule has 1 rings (SSSR count). The van der Waals surface area contributed by atoms with E-state index in [0.29, 0.717) is 12.6 Å². The van der Waals surface area contributed by atoms with Gasteiger partial charge >= 0.3 is 0 Å². The summed E-state index contributed by atoms with van der Waals surface area (Å²) in [6.45, 7) is 3.70. The van der Waals surface area contributed by atoms with Crippen LogP contribution in [0, 0.1) is 5.92 Å². The van der Waals surface area contributed by atoms with Gasteiger partial charge in [-0.1, -0.05) is 0 Å². The Morgan fingerprint density at radius 2 is 2.27 bits per heavy atom. The molecule has 2 atom stereocenters. The van der Waals surface area contributed by atoms with E-state index in [0.717, 1.165) is 18.9 Å². The SMILES string of the molecule is CC1CC(CCO)CCN1.Cl. The highest BCUT2D eigenvalue weighted by molar-refractivity contribution is 5.85. The second-order valence-corrected chi connectivity index (χ2v) is 3.26. The van der Waals surface area contributed by atoms with Gasteiger partial charge in [0.05, 0.1) is 0 Å². The molecule has 11 heavy (non-hydrogen) atoms. The van der Waals surface area contributed by atoms with Crippen molar-refractivity contribution in [2.75, 3.05) is 13.2 Å². The van der Waals surface area contributed by atoms with Crippen LogP contribution in [0.2, 0.25) is 0 Å². The van der Waals surface area contributed by atoms with Gasteiger partial charge < -0.3 is 10.4 Å². The van der Waals surface area contributed by atoms with Crippen LogP contribution >= 0.6 is 12.4 Å². The molecule has 2 nitrogen and oxygen atoms in total. The summed E-state index contributed by atoms with van der Waals surface area (Å²) in [6.07, 6.45) is 3.47. The number of rotatable bonds is 2. The van der Waals surface area contributed by atoms with Crippen LogP contribution in [0.25, 0.3) is 0 Å². The van der Waals surface area contributed by atoms with E-state index in [4.69, 9.17) is 5.11 Å². The van der Waals surface area contributed by atoms with Crippen LogP contribution < -0.4 is 5.32 Å². The third-order valence-electron chi connectivity index (χ3n) is 2.27. The van der Waals surface area contributed by atoms with Gasteiger partial charge in [-0.2, -0.15) is 0 Å². The van der Waals surface area contributed by atoms with Gasteiger partial charge in [0, 0.05) is 12.6 Å². The van der Waals surface area contributed by atoms with E-state index in [1.807, 2.05) is 0 Å². The van der Waals surface area contributed by atoms with E-state index < -0.39 is 0 Å². The molecule has 0 radical (unpaired) electrons. The zero-order valence-electron chi connectivity index (χ0n) is 7.05. The lowest BCUT2D eigenvalue weighted by Gasteiger charge is -2.27. The Hall–Kier alpha value is 0.210. The number of nitrogens with one attached hydrogen (secondary N) is 1. The normalized spacial score (nSPS) is 31.1. The Balaban J connectivity index is 0.000001000. The zero-order chi connectivity index (χ0) is 7.40. The number of halogens is 1. The molecule has 2 N–H and O–H groups in total. The first-order valence-electron chi connectivity index (χ1n) is 4.17. The summed E-state index contributed by atoms with van der Waals surface area (Å²) in [5, 5.41) is 12.1. The van der Waals surface area contributed by atoms with Crippen LogP contribution in [0.3, 0.4) is 0 Å². The molecule has 1 aliphatic rings. The van der Waals surface area contributed by atoms with Gasteiger partial charge in [0.15, 0.2) is 0 Å². The van der Waals surface area contributed by atoms with Crippen LogP contribution in [0.1, 0.15) is 26.2 Å². The zero-order valence-corrected chi connectivity index (χ0v) is 7.86. The fourth-order valence-electron chi connectivity index (χ4n) is 1.68. The van der Waals surface area contributed by atoms with E-state index in [-0.39, 0.29) is 12.4 Å². The third-order valence-corrected chi connectivity index (χ3v) is 2.27. The standard InChI is InChI=1S/C8H17NO.ClH/c1-7-6-8(3-5-10)2-4-9-7;/h7-10H,2-6H2,1H3;1H. The average Bonchev–Trinajstić information content (AvgIpc) is 1.88. The van der Waals surface area contributed by atoms with Gasteiger partial charge in [-0.3, -0.25) is 0 Å². The van der Waals surface area contributed by atoms with Crippen molar-refractivity contribution < 1.29 is 5.11 Å². The van der Waals surface area contributed by atoms with Crippen molar-refractivity contribution in [3.05, 3.63) is 0 Å². The molecule has 0 saturated carbocycles. The number of hydrogen-bond donors (Lipinski definition) is 2. The highest BCUT2D eigenvalue weighted by Gasteiger charge is 2.16. The summed E-state index contributed by atoms with van der Waals surface area (Å²) in [4.78, 5) is 0. The first-order chi connectivity index (χ1) is 4.83. The van der Waals surface area contributed by atoms with E-state index in [2.05, 4.69) is 12.2 Å². The fourth-order valence-corrected chi connectivity index (χ4v) is 1.68. The Bertz CT molecular complexity index is 98.1. The van der Waals surface area contributed by atoms with Gasteiger partial charge in [0.2, 0.25) is 0 Å². The van der Waals surface area contributed by atoms with Crippen molar-refractivity contribution in [1.29, 1.82) is 0 Å². The maximum absolute atomic E-state index is 8.68. The lowest BCUT2D eigenvalue weighted by atomic mass is 9.91. The maximum atomic E-state index is 8.68. The van der Waals surface area contributed by atoms with E-state index in [1.165, 1.54) is 12.8 Å². The maximum Gasteiger partial charge on any atom is 0.0433 e. The molecule has 68 valence electrons. The molecule has 1 fully saturated rings. The minimum absolute atomic E-state index is 0. The highest BCUT2D eigenvalue weighted by atomic mass is 35.5. The van der Waals surface area contributed by atoms with E-state index in [9.17, 15) is 0 Å². The molecule has 0 spiro atoms.